The van der Waals surface area contributed by atoms with Crippen LogP contribution in [-0.2, 0) is 4.74 Å². The van der Waals surface area contributed by atoms with E-state index >= 15 is 0 Å². The minimum absolute atomic E-state index is 0.221. The van der Waals surface area contributed by atoms with Crippen molar-refractivity contribution in [1.82, 2.24) is 4.90 Å². The molecule has 4 heteroatoms. The molecule has 1 heterocycles. The Labute approximate surface area is 103 Å². The summed E-state index contributed by atoms with van der Waals surface area (Å²) in [6, 6.07) is 0.642. The Morgan fingerprint density at radius 2 is 2.12 bits per heavy atom. The van der Waals surface area contributed by atoms with E-state index in [-0.39, 0.29) is 5.54 Å². The standard InChI is InChI=1S/C13H23N3O/c1-2-17-11-7-13(8-11)9-15-12(14)16(13)10-5-3-4-6-10/h10-11H,2-9H2,1H3,(H2,14,15). The van der Waals surface area contributed by atoms with E-state index in [1.165, 1.54) is 25.7 Å². The van der Waals surface area contributed by atoms with Crippen LogP contribution in [0.5, 0.6) is 0 Å². The minimum atomic E-state index is 0.221. The van der Waals surface area contributed by atoms with Gasteiger partial charge in [0.05, 0.1) is 18.2 Å². The molecule has 2 saturated carbocycles. The van der Waals surface area contributed by atoms with Crippen LogP contribution in [0.2, 0.25) is 0 Å². The molecule has 96 valence electrons. The van der Waals surface area contributed by atoms with Crippen LogP contribution in [0.1, 0.15) is 45.4 Å². The summed E-state index contributed by atoms with van der Waals surface area (Å²) in [4.78, 5) is 6.94. The predicted molar refractivity (Wildman–Crippen MR) is 68.0 cm³/mol. The Balaban J connectivity index is 1.69. The average Bonchev–Trinajstić information content (AvgIpc) is 2.85. The lowest BCUT2D eigenvalue weighted by molar-refractivity contribution is -0.0815. The number of nitrogens with two attached hydrogens (primary N) is 1. The Morgan fingerprint density at radius 1 is 1.41 bits per heavy atom. The number of ether oxygens (including phenoxy) is 1. The van der Waals surface area contributed by atoms with Crippen LogP contribution in [0.3, 0.4) is 0 Å². The number of rotatable bonds is 3. The first-order valence-electron chi connectivity index (χ1n) is 6.96. The summed E-state index contributed by atoms with van der Waals surface area (Å²) in [5.74, 6) is 0.784. The van der Waals surface area contributed by atoms with Crippen LogP contribution < -0.4 is 5.73 Å². The van der Waals surface area contributed by atoms with Gasteiger partial charge in [-0.05, 0) is 32.6 Å². The SMILES string of the molecule is CCOC1CC2(CN=C(N)N2C2CCCC2)C1. The summed E-state index contributed by atoms with van der Waals surface area (Å²) in [6.45, 7) is 3.78. The molecule has 0 bridgehead atoms. The monoisotopic (exact) mass is 237 g/mol. The topological polar surface area (TPSA) is 50.9 Å². The molecule has 17 heavy (non-hydrogen) atoms. The van der Waals surface area contributed by atoms with E-state index in [0.717, 1.165) is 32.0 Å². The van der Waals surface area contributed by atoms with Crippen LogP contribution in [0.4, 0.5) is 0 Å². The second-order valence-corrected chi connectivity index (χ2v) is 5.69. The maximum atomic E-state index is 6.10. The van der Waals surface area contributed by atoms with Gasteiger partial charge < -0.3 is 15.4 Å². The fourth-order valence-electron chi connectivity index (χ4n) is 3.83. The van der Waals surface area contributed by atoms with Gasteiger partial charge in [-0.1, -0.05) is 12.8 Å². The van der Waals surface area contributed by atoms with E-state index < -0.39 is 0 Å². The highest BCUT2D eigenvalue weighted by molar-refractivity contribution is 5.81. The normalized spacial score (nSPS) is 37.6. The molecule has 0 amide bonds. The Morgan fingerprint density at radius 3 is 2.76 bits per heavy atom. The van der Waals surface area contributed by atoms with Gasteiger partial charge in [-0.3, -0.25) is 4.99 Å². The smallest absolute Gasteiger partial charge is 0.192 e. The van der Waals surface area contributed by atoms with Crippen molar-refractivity contribution in [3.8, 4) is 0 Å². The van der Waals surface area contributed by atoms with Crippen LogP contribution in [0.25, 0.3) is 0 Å². The van der Waals surface area contributed by atoms with Gasteiger partial charge in [0, 0.05) is 12.6 Å². The fourth-order valence-corrected chi connectivity index (χ4v) is 3.83. The first-order valence-corrected chi connectivity index (χ1v) is 6.96. The molecule has 3 rings (SSSR count). The van der Waals surface area contributed by atoms with Gasteiger partial charge in [-0.25, -0.2) is 0 Å². The van der Waals surface area contributed by atoms with E-state index in [9.17, 15) is 0 Å². The third-order valence-corrected chi connectivity index (χ3v) is 4.60. The summed E-state index contributed by atoms with van der Waals surface area (Å²) in [6.07, 6.45) is 7.93. The molecule has 2 fully saturated rings. The van der Waals surface area contributed by atoms with E-state index in [1.54, 1.807) is 0 Å². The van der Waals surface area contributed by atoms with Crippen molar-refractivity contribution in [2.24, 2.45) is 10.7 Å². The molecule has 1 spiro atoms. The molecule has 0 aromatic rings. The second-order valence-electron chi connectivity index (χ2n) is 5.69. The van der Waals surface area contributed by atoms with E-state index in [4.69, 9.17) is 10.5 Å². The second kappa shape index (κ2) is 4.16. The Bertz CT molecular complexity index is 317. The van der Waals surface area contributed by atoms with Crippen molar-refractivity contribution in [1.29, 1.82) is 0 Å². The largest absolute Gasteiger partial charge is 0.378 e. The lowest BCUT2D eigenvalue weighted by Crippen LogP contribution is -2.64. The van der Waals surface area contributed by atoms with E-state index in [0.29, 0.717) is 12.1 Å². The Hall–Kier alpha value is -0.770. The molecule has 4 nitrogen and oxygen atoms in total. The third-order valence-electron chi connectivity index (χ3n) is 4.60. The van der Waals surface area contributed by atoms with E-state index in [2.05, 4.69) is 16.8 Å². The zero-order valence-corrected chi connectivity index (χ0v) is 10.7. The van der Waals surface area contributed by atoms with Crippen molar-refractivity contribution >= 4 is 5.96 Å². The molecular formula is C13H23N3O. The third kappa shape index (κ3) is 1.73. The van der Waals surface area contributed by atoms with Crippen molar-refractivity contribution in [2.75, 3.05) is 13.2 Å². The van der Waals surface area contributed by atoms with Crippen molar-refractivity contribution in [2.45, 2.75) is 63.1 Å². The molecule has 2 aliphatic carbocycles. The molecule has 0 atom stereocenters. The summed E-state index contributed by atoms with van der Waals surface area (Å²) < 4.78 is 5.69. The summed E-state index contributed by atoms with van der Waals surface area (Å²) >= 11 is 0. The van der Waals surface area contributed by atoms with Gasteiger partial charge in [0.25, 0.3) is 0 Å². The quantitative estimate of drug-likeness (QED) is 0.809. The molecule has 0 radical (unpaired) electrons. The molecule has 2 N–H and O–H groups in total. The highest BCUT2D eigenvalue weighted by Gasteiger charge is 2.54. The Kier molecular flexibility index (Phi) is 2.77. The van der Waals surface area contributed by atoms with E-state index in [1.807, 2.05) is 0 Å². The summed E-state index contributed by atoms with van der Waals surface area (Å²) in [5.41, 5.74) is 6.32. The minimum Gasteiger partial charge on any atom is -0.378 e. The van der Waals surface area contributed by atoms with Gasteiger partial charge in [0.2, 0.25) is 0 Å². The van der Waals surface area contributed by atoms with Crippen molar-refractivity contribution in [3.63, 3.8) is 0 Å². The van der Waals surface area contributed by atoms with Crippen LogP contribution >= 0.6 is 0 Å². The summed E-state index contributed by atoms with van der Waals surface area (Å²) in [5, 5.41) is 0. The van der Waals surface area contributed by atoms with Crippen molar-refractivity contribution in [3.05, 3.63) is 0 Å². The highest BCUT2D eigenvalue weighted by Crippen LogP contribution is 2.45. The number of hydrogen-bond donors (Lipinski definition) is 1. The lowest BCUT2D eigenvalue weighted by Gasteiger charge is -2.52. The van der Waals surface area contributed by atoms with Crippen LogP contribution in [0.15, 0.2) is 4.99 Å². The predicted octanol–water partition coefficient (Wildman–Crippen LogP) is 1.50. The zero-order chi connectivity index (χ0) is 11.9. The van der Waals surface area contributed by atoms with Gasteiger partial charge in [0.1, 0.15) is 0 Å². The van der Waals surface area contributed by atoms with Gasteiger partial charge in [-0.2, -0.15) is 0 Å². The number of hydrogen-bond acceptors (Lipinski definition) is 4. The molecular weight excluding hydrogens is 214 g/mol. The first-order chi connectivity index (χ1) is 8.25. The van der Waals surface area contributed by atoms with Gasteiger partial charge >= 0.3 is 0 Å². The molecule has 0 unspecified atom stereocenters. The fraction of sp³-hybridized carbons (Fsp3) is 0.923. The first kappa shape index (κ1) is 11.3. The average molecular weight is 237 g/mol. The van der Waals surface area contributed by atoms with Crippen molar-refractivity contribution < 1.29 is 4.74 Å². The van der Waals surface area contributed by atoms with Crippen LogP contribution in [0, 0.1) is 0 Å². The maximum absolute atomic E-state index is 6.10. The summed E-state index contributed by atoms with van der Waals surface area (Å²) in [7, 11) is 0. The molecule has 1 aliphatic heterocycles. The lowest BCUT2D eigenvalue weighted by atomic mass is 9.72. The molecule has 0 saturated heterocycles. The molecule has 0 aromatic carbocycles. The molecule has 0 aromatic heterocycles. The number of nitrogens with zero attached hydrogens (tertiary/aromatic N) is 2. The van der Waals surface area contributed by atoms with Gasteiger partial charge in [0.15, 0.2) is 5.96 Å². The maximum Gasteiger partial charge on any atom is 0.192 e. The highest BCUT2D eigenvalue weighted by atomic mass is 16.5. The molecule has 3 aliphatic rings. The zero-order valence-electron chi connectivity index (χ0n) is 10.7. The number of guanidine groups is 1. The number of aliphatic imine (C=N–C) groups is 1. The van der Waals surface area contributed by atoms with Crippen LogP contribution in [-0.4, -0.2) is 41.7 Å². The van der Waals surface area contributed by atoms with Gasteiger partial charge in [-0.15, -0.1) is 0 Å².